The maximum atomic E-state index is 13.6. The zero-order chi connectivity index (χ0) is 31.2. The van der Waals surface area contributed by atoms with Crippen molar-refractivity contribution in [2.24, 2.45) is 5.92 Å². The van der Waals surface area contributed by atoms with Gasteiger partial charge in [-0.2, -0.15) is 0 Å². The summed E-state index contributed by atoms with van der Waals surface area (Å²) in [4.78, 5) is 63.9. The molecule has 43 heavy (non-hydrogen) atoms. The Morgan fingerprint density at radius 3 is 2.30 bits per heavy atom. The van der Waals surface area contributed by atoms with Crippen LogP contribution >= 0.6 is 0 Å². The Bertz CT molecular complexity index is 1080. The second kappa shape index (κ2) is 17.0. The van der Waals surface area contributed by atoms with Crippen LogP contribution in [0.4, 0.5) is 4.79 Å². The van der Waals surface area contributed by atoms with Crippen molar-refractivity contribution in [2.75, 3.05) is 6.54 Å². The smallest absolute Gasteiger partial charge is 0.408 e. The Kier molecular flexibility index (Phi) is 13.4. The highest BCUT2D eigenvalue weighted by Gasteiger charge is 2.31. The second-order valence-electron chi connectivity index (χ2n) is 12.6. The van der Waals surface area contributed by atoms with E-state index < -0.39 is 41.6 Å². The van der Waals surface area contributed by atoms with Gasteiger partial charge < -0.3 is 35.2 Å². The molecule has 1 aromatic rings. The zero-order valence-electron chi connectivity index (χ0n) is 25.7. The number of nitrogens with one attached hydrogen (secondary N) is 4. The third kappa shape index (κ3) is 12.7. The van der Waals surface area contributed by atoms with Gasteiger partial charge in [-0.1, -0.05) is 38.5 Å². The van der Waals surface area contributed by atoms with E-state index in [9.17, 15) is 24.0 Å². The van der Waals surface area contributed by atoms with Gasteiger partial charge in [-0.3, -0.25) is 14.4 Å². The van der Waals surface area contributed by atoms with Crippen LogP contribution < -0.4 is 21.3 Å². The highest BCUT2D eigenvalue weighted by molar-refractivity contribution is 5.92. The molecule has 1 aliphatic heterocycles. The number of fused-ring (bicyclic) bond motifs is 2. The van der Waals surface area contributed by atoms with Crippen LogP contribution in [-0.4, -0.2) is 70.6 Å². The Morgan fingerprint density at radius 1 is 0.907 bits per heavy atom. The molecule has 3 rings (SSSR count). The number of carbonyl (C=O) groups excluding carboxylic acids is 5. The number of aromatic nitrogens is 2. The molecule has 3 atom stereocenters. The van der Waals surface area contributed by atoms with Crippen LogP contribution in [0.25, 0.3) is 0 Å². The minimum atomic E-state index is -1.05. The molecule has 0 saturated heterocycles. The molecule has 1 aliphatic carbocycles. The lowest BCUT2D eigenvalue weighted by atomic mass is 9.84. The molecule has 4 N–H and O–H groups in total. The molecule has 0 spiro atoms. The maximum Gasteiger partial charge on any atom is 0.408 e. The van der Waals surface area contributed by atoms with Gasteiger partial charge in [0.15, 0.2) is 0 Å². The number of hydrogen-bond acceptors (Lipinski definition) is 9. The molecule has 0 aromatic carbocycles. The average Bonchev–Trinajstić information content (AvgIpc) is 3.41. The number of alkyl carbamates (subject to hydrolysis) is 1. The molecule has 3 unspecified atom stereocenters. The van der Waals surface area contributed by atoms with E-state index in [-0.39, 0.29) is 37.5 Å². The number of rotatable bonds is 4. The Labute approximate surface area is 253 Å². The van der Waals surface area contributed by atoms with Gasteiger partial charge in [-0.05, 0) is 58.8 Å². The Balaban J connectivity index is 1.82. The quantitative estimate of drug-likeness (QED) is 0.376. The average molecular weight is 605 g/mol. The fourth-order valence-corrected chi connectivity index (χ4v) is 5.38. The van der Waals surface area contributed by atoms with E-state index in [4.69, 9.17) is 9.15 Å². The molecule has 240 valence electrons. The van der Waals surface area contributed by atoms with E-state index in [1.807, 2.05) is 0 Å². The first-order valence-corrected chi connectivity index (χ1v) is 15.7. The van der Waals surface area contributed by atoms with E-state index in [1.54, 1.807) is 20.8 Å². The molecule has 1 fully saturated rings. The van der Waals surface area contributed by atoms with Crippen LogP contribution in [-0.2, 0) is 36.8 Å². The lowest BCUT2D eigenvalue weighted by molar-refractivity contribution is -0.131. The summed E-state index contributed by atoms with van der Waals surface area (Å²) in [6.07, 6.45) is 8.94. The van der Waals surface area contributed by atoms with Gasteiger partial charge in [-0.25, -0.2) is 4.79 Å². The highest BCUT2D eigenvalue weighted by atomic mass is 16.6. The summed E-state index contributed by atoms with van der Waals surface area (Å²) in [6, 6.07) is -2.86. The number of aryl methyl sites for hydroxylation is 2. The fraction of sp³-hybridized carbons (Fsp3) is 0.767. The fourth-order valence-electron chi connectivity index (χ4n) is 5.38. The normalized spacial score (nSPS) is 24.4. The summed E-state index contributed by atoms with van der Waals surface area (Å²) >= 11 is 0. The molecule has 2 bridgehead atoms. The third-order valence-electron chi connectivity index (χ3n) is 7.65. The topological polar surface area (TPSA) is 182 Å². The van der Waals surface area contributed by atoms with Crippen molar-refractivity contribution < 1.29 is 33.1 Å². The van der Waals surface area contributed by atoms with Crippen LogP contribution in [0.3, 0.4) is 0 Å². The summed E-state index contributed by atoms with van der Waals surface area (Å²) in [5, 5.41) is 19.2. The van der Waals surface area contributed by atoms with Crippen molar-refractivity contribution in [3.8, 4) is 0 Å². The number of nitrogens with zero attached hydrogens (tertiary/aromatic N) is 2. The van der Waals surface area contributed by atoms with Gasteiger partial charge >= 0.3 is 6.09 Å². The van der Waals surface area contributed by atoms with Gasteiger partial charge in [0.05, 0.1) is 6.04 Å². The largest absolute Gasteiger partial charge is 0.444 e. The molecule has 1 aromatic heterocycles. The van der Waals surface area contributed by atoms with Crippen molar-refractivity contribution in [3.63, 3.8) is 0 Å². The van der Waals surface area contributed by atoms with Crippen LogP contribution in [0.15, 0.2) is 4.42 Å². The van der Waals surface area contributed by atoms with Crippen LogP contribution in [0.1, 0.15) is 110 Å². The van der Waals surface area contributed by atoms with Crippen molar-refractivity contribution in [1.29, 1.82) is 0 Å². The summed E-state index contributed by atoms with van der Waals surface area (Å²) in [7, 11) is 0. The minimum Gasteiger partial charge on any atom is -0.444 e. The first-order valence-electron chi connectivity index (χ1n) is 15.7. The molecular weight excluding hydrogens is 556 g/mol. The van der Waals surface area contributed by atoms with Gasteiger partial charge in [0.1, 0.15) is 24.0 Å². The van der Waals surface area contributed by atoms with E-state index in [1.165, 1.54) is 0 Å². The maximum absolute atomic E-state index is 13.6. The molecule has 4 amide bonds. The number of amides is 4. The summed E-state index contributed by atoms with van der Waals surface area (Å²) in [5.74, 6) is -0.211. The summed E-state index contributed by atoms with van der Waals surface area (Å²) in [6.45, 7) is 5.67. The standard InChI is InChI=1S/C30H48N6O7/c1-30(2,3)43-29(41)34-22-14-16-26-36-35-25(42-26)12-8-5-9-17-31-24(38)15-13-21(19-37)32-28(40)23(33-27(22)39)18-20-10-6-4-7-11-20/h19-23H,4-18H2,1-3H3,(H,31,38)(H,32,40)(H,33,39)(H,34,41). The number of ether oxygens (including phenoxy) is 1. The lowest BCUT2D eigenvalue weighted by Gasteiger charge is -2.29. The molecule has 1 saturated carbocycles. The highest BCUT2D eigenvalue weighted by Crippen LogP contribution is 2.27. The van der Waals surface area contributed by atoms with Gasteiger partial charge in [0, 0.05) is 25.8 Å². The minimum absolute atomic E-state index is 0.0793. The summed E-state index contributed by atoms with van der Waals surface area (Å²) < 4.78 is 11.2. The molecule has 13 nitrogen and oxygen atoms in total. The molecule has 2 heterocycles. The molecule has 2 aliphatic rings. The molecule has 0 radical (unpaired) electrons. The van der Waals surface area contributed by atoms with Gasteiger partial charge in [-0.15, -0.1) is 10.2 Å². The van der Waals surface area contributed by atoms with Crippen molar-refractivity contribution >= 4 is 30.1 Å². The van der Waals surface area contributed by atoms with Crippen molar-refractivity contribution in [2.45, 2.75) is 134 Å². The van der Waals surface area contributed by atoms with Crippen LogP contribution in [0.5, 0.6) is 0 Å². The monoisotopic (exact) mass is 604 g/mol. The predicted molar refractivity (Wildman–Crippen MR) is 157 cm³/mol. The van der Waals surface area contributed by atoms with Crippen LogP contribution in [0.2, 0.25) is 0 Å². The number of hydrogen-bond donors (Lipinski definition) is 4. The lowest BCUT2D eigenvalue weighted by Crippen LogP contribution is -2.56. The molecule has 13 heteroatoms. The second-order valence-corrected chi connectivity index (χ2v) is 12.6. The van der Waals surface area contributed by atoms with E-state index in [0.29, 0.717) is 37.5 Å². The Morgan fingerprint density at radius 2 is 1.60 bits per heavy atom. The Hall–Kier alpha value is -3.51. The SMILES string of the molecule is CC(C)(C)OC(=O)NC1CCc2nnc(o2)CCCCCNC(=O)CCC(C=O)NC(=O)C(CC2CCCCC2)NC1=O. The van der Waals surface area contributed by atoms with E-state index in [0.717, 1.165) is 51.4 Å². The number of carbonyl (C=O) groups is 5. The predicted octanol–water partition coefficient (Wildman–Crippen LogP) is 2.66. The van der Waals surface area contributed by atoms with E-state index in [2.05, 4.69) is 31.5 Å². The van der Waals surface area contributed by atoms with Crippen molar-refractivity contribution in [3.05, 3.63) is 11.8 Å². The van der Waals surface area contributed by atoms with Crippen LogP contribution in [0, 0.1) is 5.92 Å². The number of aldehydes is 1. The van der Waals surface area contributed by atoms with Gasteiger partial charge in [0.2, 0.25) is 29.5 Å². The summed E-state index contributed by atoms with van der Waals surface area (Å²) in [5.41, 5.74) is -0.780. The van der Waals surface area contributed by atoms with Crippen molar-refractivity contribution in [1.82, 2.24) is 31.5 Å². The molecular formula is C30H48N6O7. The first kappa shape index (κ1) is 34.0. The third-order valence-corrected chi connectivity index (χ3v) is 7.65. The zero-order valence-corrected chi connectivity index (χ0v) is 25.7. The van der Waals surface area contributed by atoms with E-state index >= 15 is 0 Å². The van der Waals surface area contributed by atoms with Gasteiger partial charge in [0.25, 0.3) is 0 Å². The first-order chi connectivity index (χ1) is 20.5.